The summed E-state index contributed by atoms with van der Waals surface area (Å²) in [5.41, 5.74) is 1.17. The van der Waals surface area contributed by atoms with Gasteiger partial charge in [-0.3, -0.25) is 0 Å². The molecule has 2 heterocycles. The maximum atomic E-state index is 4.51. The number of aromatic nitrogens is 2. The van der Waals surface area contributed by atoms with Crippen LogP contribution in [0.3, 0.4) is 0 Å². The molecule has 0 amide bonds. The quantitative estimate of drug-likeness (QED) is 0.918. The van der Waals surface area contributed by atoms with Crippen molar-refractivity contribution < 1.29 is 0 Å². The van der Waals surface area contributed by atoms with Gasteiger partial charge in [-0.15, -0.1) is 0 Å². The smallest absolute Gasteiger partial charge is 0.137 e. The van der Waals surface area contributed by atoms with Gasteiger partial charge in [0, 0.05) is 35.7 Å². The summed E-state index contributed by atoms with van der Waals surface area (Å²) in [4.78, 5) is 11.3. The van der Waals surface area contributed by atoms with Crippen molar-refractivity contribution in [2.45, 2.75) is 44.6 Å². The van der Waals surface area contributed by atoms with E-state index in [0.29, 0.717) is 10.5 Å². The van der Waals surface area contributed by atoms with Crippen molar-refractivity contribution >= 4 is 23.4 Å². The van der Waals surface area contributed by atoms with Gasteiger partial charge in [-0.2, -0.15) is 11.8 Å². The third kappa shape index (κ3) is 3.53. The van der Waals surface area contributed by atoms with Crippen molar-refractivity contribution in [2.75, 3.05) is 29.9 Å². The van der Waals surface area contributed by atoms with Crippen LogP contribution in [0.4, 0.5) is 11.6 Å². The summed E-state index contributed by atoms with van der Waals surface area (Å²) < 4.78 is 0. The van der Waals surface area contributed by atoms with Gasteiger partial charge in [-0.1, -0.05) is 20.8 Å². The lowest BCUT2D eigenvalue weighted by Crippen LogP contribution is -2.41. The summed E-state index contributed by atoms with van der Waals surface area (Å²) in [6, 6.07) is 0. The van der Waals surface area contributed by atoms with E-state index in [2.05, 4.69) is 59.6 Å². The third-order valence-electron chi connectivity index (χ3n) is 3.32. The standard InChI is InChI=1S/C14H24N4S/c1-5-6-15-13-12(4)14(17-9-16-13)18-7-10(2)19-11(3)8-18/h9-11H,5-8H2,1-4H3,(H,15,16,17). The topological polar surface area (TPSA) is 41.1 Å². The lowest BCUT2D eigenvalue weighted by molar-refractivity contribution is 0.714. The summed E-state index contributed by atoms with van der Waals surface area (Å²) in [5, 5.41) is 4.70. The molecule has 1 fully saturated rings. The Labute approximate surface area is 120 Å². The minimum absolute atomic E-state index is 0.658. The van der Waals surface area contributed by atoms with Crippen LogP contribution in [-0.4, -0.2) is 40.1 Å². The molecule has 1 aliphatic heterocycles. The van der Waals surface area contributed by atoms with E-state index in [4.69, 9.17) is 0 Å². The van der Waals surface area contributed by atoms with Crippen LogP contribution in [0.1, 0.15) is 32.8 Å². The van der Waals surface area contributed by atoms with Crippen LogP contribution in [0.25, 0.3) is 0 Å². The first kappa shape index (κ1) is 14.4. The van der Waals surface area contributed by atoms with E-state index in [-0.39, 0.29) is 0 Å². The Morgan fingerprint density at radius 2 is 2.00 bits per heavy atom. The second-order valence-electron chi connectivity index (χ2n) is 5.26. The first-order chi connectivity index (χ1) is 9.11. The maximum Gasteiger partial charge on any atom is 0.137 e. The van der Waals surface area contributed by atoms with E-state index >= 15 is 0 Å². The van der Waals surface area contributed by atoms with Crippen molar-refractivity contribution in [2.24, 2.45) is 0 Å². The van der Waals surface area contributed by atoms with Crippen LogP contribution in [0.15, 0.2) is 6.33 Å². The molecule has 1 saturated heterocycles. The van der Waals surface area contributed by atoms with E-state index < -0.39 is 0 Å². The van der Waals surface area contributed by atoms with Gasteiger partial charge in [0.05, 0.1) is 0 Å². The zero-order valence-corrected chi connectivity index (χ0v) is 13.1. The van der Waals surface area contributed by atoms with E-state index in [9.17, 15) is 0 Å². The van der Waals surface area contributed by atoms with Gasteiger partial charge in [-0.05, 0) is 13.3 Å². The molecule has 4 nitrogen and oxygen atoms in total. The Morgan fingerprint density at radius 3 is 2.63 bits per heavy atom. The van der Waals surface area contributed by atoms with E-state index in [0.717, 1.165) is 37.7 Å². The summed E-state index contributed by atoms with van der Waals surface area (Å²) in [6.07, 6.45) is 2.78. The molecule has 1 aromatic heterocycles. The number of thioether (sulfide) groups is 1. The summed E-state index contributed by atoms with van der Waals surface area (Å²) in [6.45, 7) is 12.0. The van der Waals surface area contributed by atoms with Gasteiger partial charge in [0.25, 0.3) is 0 Å². The minimum Gasteiger partial charge on any atom is -0.370 e. The monoisotopic (exact) mass is 280 g/mol. The van der Waals surface area contributed by atoms with Crippen LogP contribution >= 0.6 is 11.8 Å². The molecule has 19 heavy (non-hydrogen) atoms. The Hall–Kier alpha value is -0.970. The Bertz CT molecular complexity index is 414. The van der Waals surface area contributed by atoms with Crippen molar-refractivity contribution in [1.82, 2.24) is 9.97 Å². The van der Waals surface area contributed by atoms with Crippen LogP contribution in [0.2, 0.25) is 0 Å². The number of anilines is 2. The highest BCUT2D eigenvalue weighted by Crippen LogP contribution is 2.30. The van der Waals surface area contributed by atoms with Crippen LogP contribution in [0, 0.1) is 6.92 Å². The molecule has 0 aromatic carbocycles. The molecular weight excluding hydrogens is 256 g/mol. The molecular formula is C14H24N4S. The molecule has 0 spiro atoms. The maximum absolute atomic E-state index is 4.51. The molecule has 2 atom stereocenters. The average Bonchev–Trinajstić information content (AvgIpc) is 2.36. The average molecular weight is 280 g/mol. The van der Waals surface area contributed by atoms with Crippen LogP contribution in [-0.2, 0) is 0 Å². The zero-order chi connectivity index (χ0) is 13.8. The molecule has 0 radical (unpaired) electrons. The SMILES string of the molecule is CCCNc1ncnc(N2CC(C)SC(C)C2)c1C. The lowest BCUT2D eigenvalue weighted by Gasteiger charge is -2.36. The molecule has 2 rings (SSSR count). The lowest BCUT2D eigenvalue weighted by atomic mass is 10.2. The van der Waals surface area contributed by atoms with Crippen molar-refractivity contribution in [3.63, 3.8) is 0 Å². The number of rotatable bonds is 4. The molecule has 5 heteroatoms. The molecule has 1 aromatic rings. The molecule has 0 saturated carbocycles. The fourth-order valence-electron chi connectivity index (χ4n) is 2.53. The number of nitrogens with one attached hydrogen (secondary N) is 1. The molecule has 1 aliphatic rings. The van der Waals surface area contributed by atoms with Crippen molar-refractivity contribution in [3.05, 3.63) is 11.9 Å². The van der Waals surface area contributed by atoms with Crippen LogP contribution in [0.5, 0.6) is 0 Å². The number of nitrogens with zero attached hydrogens (tertiary/aromatic N) is 3. The van der Waals surface area contributed by atoms with E-state index in [1.54, 1.807) is 6.33 Å². The predicted octanol–water partition coefficient (Wildman–Crippen LogP) is 2.94. The predicted molar refractivity (Wildman–Crippen MR) is 84.3 cm³/mol. The highest BCUT2D eigenvalue weighted by molar-refractivity contribution is 8.00. The minimum atomic E-state index is 0.658. The molecule has 0 aliphatic carbocycles. The first-order valence-corrected chi connectivity index (χ1v) is 8.02. The summed E-state index contributed by atoms with van der Waals surface area (Å²) in [5.74, 6) is 2.07. The molecule has 106 valence electrons. The second-order valence-corrected chi connectivity index (χ2v) is 7.14. The molecule has 0 bridgehead atoms. The first-order valence-electron chi connectivity index (χ1n) is 7.07. The fraction of sp³-hybridized carbons (Fsp3) is 0.714. The van der Waals surface area contributed by atoms with E-state index in [1.165, 1.54) is 5.56 Å². The van der Waals surface area contributed by atoms with E-state index in [1.807, 2.05) is 0 Å². The van der Waals surface area contributed by atoms with Crippen molar-refractivity contribution in [1.29, 1.82) is 0 Å². The largest absolute Gasteiger partial charge is 0.370 e. The summed E-state index contributed by atoms with van der Waals surface area (Å²) >= 11 is 2.06. The second kappa shape index (κ2) is 6.46. The highest BCUT2D eigenvalue weighted by Gasteiger charge is 2.24. The number of hydrogen-bond acceptors (Lipinski definition) is 5. The van der Waals surface area contributed by atoms with Gasteiger partial charge in [0.2, 0.25) is 0 Å². The normalized spacial score (nSPS) is 23.5. The Kier molecular flexibility index (Phi) is 4.91. The van der Waals surface area contributed by atoms with Crippen LogP contribution < -0.4 is 10.2 Å². The Balaban J connectivity index is 2.19. The van der Waals surface area contributed by atoms with Gasteiger partial charge in [0.15, 0.2) is 0 Å². The zero-order valence-electron chi connectivity index (χ0n) is 12.3. The fourth-order valence-corrected chi connectivity index (χ4v) is 3.86. The number of hydrogen-bond donors (Lipinski definition) is 1. The summed E-state index contributed by atoms with van der Waals surface area (Å²) in [7, 11) is 0. The van der Waals surface area contributed by atoms with Gasteiger partial charge >= 0.3 is 0 Å². The molecule has 1 N–H and O–H groups in total. The highest BCUT2D eigenvalue weighted by atomic mass is 32.2. The van der Waals surface area contributed by atoms with Gasteiger partial charge in [0.1, 0.15) is 18.0 Å². The third-order valence-corrected chi connectivity index (χ3v) is 4.55. The van der Waals surface area contributed by atoms with Gasteiger partial charge in [-0.25, -0.2) is 9.97 Å². The molecule has 2 unspecified atom stereocenters. The Morgan fingerprint density at radius 1 is 1.32 bits per heavy atom. The van der Waals surface area contributed by atoms with Crippen molar-refractivity contribution in [3.8, 4) is 0 Å². The van der Waals surface area contributed by atoms with Gasteiger partial charge < -0.3 is 10.2 Å².